The Bertz CT molecular complexity index is 420. The molecule has 0 saturated carbocycles. The van der Waals surface area contributed by atoms with E-state index in [1.165, 1.54) is 0 Å². The highest BCUT2D eigenvalue weighted by molar-refractivity contribution is 5.96. The Hall–Kier alpha value is -1.68. The monoisotopic (exact) mass is 201 g/mol. The lowest BCUT2D eigenvalue weighted by molar-refractivity contribution is -0.120. The molecule has 3 aliphatic rings. The third-order valence-electron chi connectivity index (χ3n) is 3.02. The van der Waals surface area contributed by atoms with E-state index in [4.69, 9.17) is 0 Å². The molecule has 76 valence electrons. The predicted octanol–water partition coefficient (Wildman–Crippen LogP) is 0.316. The molecule has 3 atom stereocenters. The first kappa shape index (κ1) is 8.61. The smallest absolute Gasteiger partial charge is 0.261 e. The van der Waals surface area contributed by atoms with Crippen LogP contribution in [0.1, 0.15) is 0 Å². The lowest BCUT2D eigenvalue weighted by Crippen LogP contribution is -2.56. The molecule has 0 aromatic carbocycles. The second-order valence-corrected chi connectivity index (χ2v) is 3.87. The maximum Gasteiger partial charge on any atom is 0.261 e. The molecule has 0 radical (unpaired) electrons. The van der Waals surface area contributed by atoms with E-state index in [0.29, 0.717) is 0 Å². The number of carbonyl (C=O) groups is 1. The number of hydrogen-bond donors (Lipinski definition) is 2. The number of nitrogens with one attached hydrogen (secondary N) is 2. The van der Waals surface area contributed by atoms with Crippen molar-refractivity contribution in [1.82, 2.24) is 10.9 Å². The highest BCUT2D eigenvalue weighted by Crippen LogP contribution is 2.32. The molecule has 2 aliphatic heterocycles. The van der Waals surface area contributed by atoms with Gasteiger partial charge in [-0.05, 0) is 6.08 Å². The van der Waals surface area contributed by atoms with Gasteiger partial charge in [-0.25, -0.2) is 5.43 Å². The van der Waals surface area contributed by atoms with Gasteiger partial charge >= 0.3 is 0 Å². The maximum atomic E-state index is 11.6. The molecule has 2 heterocycles. The van der Waals surface area contributed by atoms with Crippen molar-refractivity contribution in [2.24, 2.45) is 16.8 Å². The van der Waals surface area contributed by atoms with Gasteiger partial charge in [0.1, 0.15) is 0 Å². The molecule has 2 N–H and O–H groups in total. The zero-order valence-corrected chi connectivity index (χ0v) is 8.05. The van der Waals surface area contributed by atoms with E-state index >= 15 is 0 Å². The first-order chi connectivity index (χ1) is 7.36. The van der Waals surface area contributed by atoms with Crippen molar-refractivity contribution < 1.29 is 4.79 Å². The molecule has 1 amide bonds. The molecule has 1 fully saturated rings. The Labute approximate surface area is 87.4 Å². The van der Waals surface area contributed by atoms with Gasteiger partial charge in [-0.15, -0.1) is 0 Å². The van der Waals surface area contributed by atoms with Crippen LogP contribution in [0, 0.1) is 11.8 Å². The van der Waals surface area contributed by atoms with Crippen molar-refractivity contribution in [3.05, 3.63) is 36.1 Å². The van der Waals surface area contributed by atoms with Crippen molar-refractivity contribution in [3.8, 4) is 0 Å². The molecule has 3 unspecified atom stereocenters. The first-order valence-corrected chi connectivity index (χ1v) is 5.00. The van der Waals surface area contributed by atoms with E-state index in [-0.39, 0.29) is 23.8 Å². The SMILES string of the molecule is O=C1NNC2C=CN=CC3C=CC=C1C32. The van der Waals surface area contributed by atoms with Crippen LogP contribution in [0.5, 0.6) is 0 Å². The molecule has 0 aromatic rings. The lowest BCUT2D eigenvalue weighted by Gasteiger charge is -2.36. The van der Waals surface area contributed by atoms with Crippen LogP contribution in [0.15, 0.2) is 41.1 Å². The van der Waals surface area contributed by atoms with Gasteiger partial charge in [0.2, 0.25) is 0 Å². The fourth-order valence-corrected chi connectivity index (χ4v) is 2.30. The second-order valence-electron chi connectivity index (χ2n) is 3.87. The van der Waals surface area contributed by atoms with Gasteiger partial charge in [-0.2, -0.15) is 0 Å². The fraction of sp³-hybridized carbons (Fsp3) is 0.273. The lowest BCUT2D eigenvalue weighted by atomic mass is 9.77. The Kier molecular flexibility index (Phi) is 1.82. The Morgan fingerprint density at radius 2 is 2.27 bits per heavy atom. The summed E-state index contributed by atoms with van der Waals surface area (Å²) in [6.07, 6.45) is 11.5. The minimum Gasteiger partial charge on any atom is -0.287 e. The fourth-order valence-electron chi connectivity index (χ4n) is 2.30. The average Bonchev–Trinajstić information content (AvgIpc) is 2.47. The Morgan fingerprint density at radius 3 is 3.20 bits per heavy atom. The standard InChI is InChI=1S/C11H11N3O/c15-11-8-3-1-2-7-6-12-5-4-9(10(7)8)13-14-11/h1-7,9-10,13H,(H,14,15). The van der Waals surface area contributed by atoms with Crippen LogP contribution in [-0.2, 0) is 4.79 Å². The van der Waals surface area contributed by atoms with Crippen molar-refractivity contribution in [2.75, 3.05) is 0 Å². The van der Waals surface area contributed by atoms with Crippen molar-refractivity contribution in [2.45, 2.75) is 6.04 Å². The van der Waals surface area contributed by atoms with Gasteiger partial charge in [0.15, 0.2) is 0 Å². The maximum absolute atomic E-state index is 11.6. The van der Waals surface area contributed by atoms with Gasteiger partial charge in [0.05, 0.1) is 6.04 Å². The average molecular weight is 201 g/mol. The summed E-state index contributed by atoms with van der Waals surface area (Å²) in [6, 6.07) is 0.131. The largest absolute Gasteiger partial charge is 0.287 e. The van der Waals surface area contributed by atoms with Crippen molar-refractivity contribution >= 4 is 12.1 Å². The molecule has 1 aliphatic carbocycles. The van der Waals surface area contributed by atoms with E-state index in [0.717, 1.165) is 5.57 Å². The minimum atomic E-state index is -0.0331. The molecule has 4 nitrogen and oxygen atoms in total. The van der Waals surface area contributed by atoms with E-state index in [1.54, 1.807) is 6.20 Å². The number of nitrogens with zero attached hydrogens (tertiary/aromatic N) is 1. The summed E-state index contributed by atoms with van der Waals surface area (Å²) in [6.45, 7) is 0. The number of hydrogen-bond acceptors (Lipinski definition) is 3. The normalized spacial score (nSPS) is 36.7. The summed E-state index contributed by atoms with van der Waals surface area (Å²) >= 11 is 0. The van der Waals surface area contributed by atoms with Crippen LogP contribution in [0.4, 0.5) is 0 Å². The van der Waals surface area contributed by atoms with Crippen molar-refractivity contribution in [3.63, 3.8) is 0 Å². The Morgan fingerprint density at radius 1 is 1.33 bits per heavy atom. The van der Waals surface area contributed by atoms with Crippen LogP contribution in [0.3, 0.4) is 0 Å². The summed E-state index contributed by atoms with van der Waals surface area (Å²) in [5, 5.41) is 0. The summed E-state index contributed by atoms with van der Waals surface area (Å²) in [5.41, 5.74) is 6.50. The number of amides is 1. The van der Waals surface area contributed by atoms with Crippen LogP contribution in [0.2, 0.25) is 0 Å². The molecule has 4 heteroatoms. The molecule has 3 rings (SSSR count). The predicted molar refractivity (Wildman–Crippen MR) is 56.9 cm³/mol. The van der Waals surface area contributed by atoms with Gasteiger partial charge < -0.3 is 0 Å². The molecule has 15 heavy (non-hydrogen) atoms. The molecular weight excluding hydrogens is 190 g/mol. The molecule has 0 bridgehead atoms. The van der Waals surface area contributed by atoms with Crippen molar-refractivity contribution in [1.29, 1.82) is 0 Å². The Balaban J connectivity index is 2.07. The van der Waals surface area contributed by atoms with Gasteiger partial charge in [0, 0.05) is 29.8 Å². The third-order valence-corrected chi connectivity index (χ3v) is 3.02. The summed E-state index contributed by atoms with van der Waals surface area (Å²) < 4.78 is 0. The van der Waals surface area contributed by atoms with Gasteiger partial charge in [-0.3, -0.25) is 15.2 Å². The van der Waals surface area contributed by atoms with Gasteiger partial charge in [0.25, 0.3) is 5.91 Å². The van der Waals surface area contributed by atoms with E-state index in [1.807, 2.05) is 24.4 Å². The van der Waals surface area contributed by atoms with Crippen LogP contribution >= 0.6 is 0 Å². The van der Waals surface area contributed by atoms with E-state index in [2.05, 4.69) is 21.9 Å². The minimum absolute atomic E-state index is 0.0331. The number of allylic oxidation sites excluding steroid dienone is 3. The van der Waals surface area contributed by atoms with E-state index < -0.39 is 0 Å². The topological polar surface area (TPSA) is 53.5 Å². The highest BCUT2D eigenvalue weighted by Gasteiger charge is 2.38. The first-order valence-electron chi connectivity index (χ1n) is 5.00. The number of hydrazine groups is 1. The zero-order chi connectivity index (χ0) is 10.3. The van der Waals surface area contributed by atoms with Crippen LogP contribution in [-0.4, -0.2) is 18.2 Å². The molecular formula is C11H11N3O. The quantitative estimate of drug-likeness (QED) is 0.593. The highest BCUT2D eigenvalue weighted by atomic mass is 16.2. The summed E-state index contributed by atoms with van der Waals surface area (Å²) in [4.78, 5) is 15.8. The van der Waals surface area contributed by atoms with E-state index in [9.17, 15) is 4.79 Å². The van der Waals surface area contributed by atoms with Crippen LogP contribution in [0.25, 0.3) is 0 Å². The number of rotatable bonds is 0. The van der Waals surface area contributed by atoms with Gasteiger partial charge in [-0.1, -0.05) is 18.2 Å². The van der Waals surface area contributed by atoms with Crippen LogP contribution < -0.4 is 10.9 Å². The molecule has 0 spiro atoms. The molecule has 0 aromatic heterocycles. The summed E-state index contributed by atoms with van der Waals surface area (Å²) in [5.74, 6) is 0.351. The third kappa shape index (κ3) is 1.26. The summed E-state index contributed by atoms with van der Waals surface area (Å²) in [7, 11) is 0. The number of aliphatic imine (C=N–C) groups is 1. The second kappa shape index (κ2) is 3.17. The number of carbonyl (C=O) groups excluding carboxylic acids is 1. The zero-order valence-electron chi connectivity index (χ0n) is 8.05. The molecule has 1 saturated heterocycles.